The van der Waals surface area contributed by atoms with E-state index in [-0.39, 0.29) is 17.1 Å². The standard InChI is InChI=1S/C22H28N2O3S/c1-4-6-14-26-20-9-7-8-18(15-20)23-22(28)24-21(25)17-10-12-19(13-11-17)27-16(3)5-2/h7-13,15-16H,4-6,14H2,1-3H3,(H2,23,24,25,28). The number of thiocarbonyl (C=S) groups is 1. The zero-order valence-electron chi connectivity index (χ0n) is 16.7. The summed E-state index contributed by atoms with van der Waals surface area (Å²) < 4.78 is 11.4. The lowest BCUT2D eigenvalue weighted by atomic mass is 10.2. The maximum absolute atomic E-state index is 12.4. The number of carbonyl (C=O) groups is 1. The van der Waals surface area contributed by atoms with Crippen molar-refractivity contribution in [2.75, 3.05) is 11.9 Å². The van der Waals surface area contributed by atoms with E-state index < -0.39 is 0 Å². The average Bonchev–Trinajstić information content (AvgIpc) is 2.68. The smallest absolute Gasteiger partial charge is 0.257 e. The lowest BCUT2D eigenvalue weighted by Crippen LogP contribution is -2.34. The summed E-state index contributed by atoms with van der Waals surface area (Å²) >= 11 is 5.25. The van der Waals surface area contributed by atoms with Crippen LogP contribution in [0.3, 0.4) is 0 Å². The molecule has 5 nitrogen and oxygen atoms in total. The normalized spacial score (nSPS) is 11.4. The van der Waals surface area contributed by atoms with Crippen LogP contribution in [-0.2, 0) is 0 Å². The first-order valence-electron chi connectivity index (χ1n) is 9.63. The van der Waals surface area contributed by atoms with Gasteiger partial charge in [0.2, 0.25) is 0 Å². The van der Waals surface area contributed by atoms with Crippen molar-refractivity contribution < 1.29 is 14.3 Å². The molecule has 6 heteroatoms. The zero-order valence-corrected chi connectivity index (χ0v) is 17.5. The molecule has 0 radical (unpaired) electrons. The molecule has 2 aromatic rings. The van der Waals surface area contributed by atoms with Crippen molar-refractivity contribution in [3.63, 3.8) is 0 Å². The molecule has 0 aliphatic heterocycles. The van der Waals surface area contributed by atoms with Crippen molar-refractivity contribution in [2.45, 2.75) is 46.1 Å². The molecule has 0 aliphatic rings. The molecule has 0 aromatic heterocycles. The summed E-state index contributed by atoms with van der Waals surface area (Å²) in [6, 6.07) is 14.5. The molecule has 1 atom stereocenters. The summed E-state index contributed by atoms with van der Waals surface area (Å²) in [5.74, 6) is 1.24. The van der Waals surface area contributed by atoms with E-state index in [9.17, 15) is 4.79 Å². The van der Waals surface area contributed by atoms with Crippen molar-refractivity contribution >= 4 is 28.9 Å². The quantitative estimate of drug-likeness (QED) is 0.449. The number of amides is 1. The van der Waals surface area contributed by atoms with Crippen molar-refractivity contribution in [2.24, 2.45) is 0 Å². The van der Waals surface area contributed by atoms with Gasteiger partial charge in [-0.25, -0.2) is 0 Å². The third kappa shape index (κ3) is 7.19. The zero-order chi connectivity index (χ0) is 20.4. The third-order valence-corrected chi connectivity index (χ3v) is 4.32. The number of hydrogen-bond acceptors (Lipinski definition) is 4. The van der Waals surface area contributed by atoms with Gasteiger partial charge in [-0.3, -0.25) is 10.1 Å². The number of ether oxygens (including phenoxy) is 2. The van der Waals surface area contributed by atoms with Crippen molar-refractivity contribution in [1.29, 1.82) is 0 Å². The number of nitrogens with one attached hydrogen (secondary N) is 2. The van der Waals surface area contributed by atoms with E-state index in [0.717, 1.165) is 36.4 Å². The predicted molar refractivity (Wildman–Crippen MR) is 117 cm³/mol. The highest BCUT2D eigenvalue weighted by Crippen LogP contribution is 2.18. The monoisotopic (exact) mass is 400 g/mol. The Morgan fingerprint density at radius 2 is 1.86 bits per heavy atom. The van der Waals surface area contributed by atoms with Crippen LogP contribution in [0.1, 0.15) is 50.4 Å². The van der Waals surface area contributed by atoms with Gasteiger partial charge in [-0.05, 0) is 68.4 Å². The summed E-state index contributed by atoms with van der Waals surface area (Å²) in [5.41, 5.74) is 1.27. The molecule has 0 saturated carbocycles. The Morgan fingerprint density at radius 1 is 1.11 bits per heavy atom. The molecule has 0 fully saturated rings. The number of rotatable bonds is 9. The van der Waals surface area contributed by atoms with E-state index in [0.29, 0.717) is 12.2 Å². The third-order valence-electron chi connectivity index (χ3n) is 4.11. The van der Waals surface area contributed by atoms with Crippen LogP contribution >= 0.6 is 12.2 Å². The Kier molecular flexibility index (Phi) is 8.75. The van der Waals surface area contributed by atoms with Gasteiger partial charge in [-0.2, -0.15) is 0 Å². The van der Waals surface area contributed by atoms with Gasteiger partial charge in [0.05, 0.1) is 12.7 Å². The molecule has 1 unspecified atom stereocenters. The number of unbranched alkanes of at least 4 members (excludes halogenated alkanes) is 1. The number of benzene rings is 2. The second-order valence-electron chi connectivity index (χ2n) is 6.50. The molecule has 0 spiro atoms. The minimum absolute atomic E-state index is 0.137. The highest BCUT2D eigenvalue weighted by atomic mass is 32.1. The maximum Gasteiger partial charge on any atom is 0.257 e. The van der Waals surface area contributed by atoms with Crippen LogP contribution in [0, 0.1) is 0 Å². The van der Waals surface area contributed by atoms with E-state index >= 15 is 0 Å². The van der Waals surface area contributed by atoms with E-state index in [2.05, 4.69) is 24.5 Å². The molecule has 2 aromatic carbocycles. The lowest BCUT2D eigenvalue weighted by Gasteiger charge is -2.13. The van der Waals surface area contributed by atoms with E-state index in [1.165, 1.54) is 0 Å². The number of anilines is 1. The fourth-order valence-electron chi connectivity index (χ4n) is 2.34. The summed E-state index contributed by atoms with van der Waals surface area (Å²) in [7, 11) is 0. The predicted octanol–water partition coefficient (Wildman–Crippen LogP) is 5.17. The van der Waals surface area contributed by atoms with Crippen LogP contribution in [0.25, 0.3) is 0 Å². The summed E-state index contributed by atoms with van der Waals surface area (Å²) in [6.07, 6.45) is 3.15. The first kappa shape index (κ1) is 21.7. The molecular formula is C22H28N2O3S. The highest BCUT2D eigenvalue weighted by molar-refractivity contribution is 7.80. The molecule has 28 heavy (non-hydrogen) atoms. The second kappa shape index (κ2) is 11.3. The van der Waals surface area contributed by atoms with Crippen LogP contribution in [0.15, 0.2) is 48.5 Å². The highest BCUT2D eigenvalue weighted by Gasteiger charge is 2.09. The van der Waals surface area contributed by atoms with Crippen LogP contribution in [0.2, 0.25) is 0 Å². The van der Waals surface area contributed by atoms with Crippen LogP contribution in [-0.4, -0.2) is 23.7 Å². The molecule has 0 aliphatic carbocycles. The maximum atomic E-state index is 12.4. The van der Waals surface area contributed by atoms with Gasteiger partial charge in [0.1, 0.15) is 11.5 Å². The fraction of sp³-hybridized carbons (Fsp3) is 0.364. The Labute approximate surface area is 172 Å². The number of carbonyl (C=O) groups excluding carboxylic acids is 1. The molecule has 0 saturated heterocycles. The molecule has 1 amide bonds. The van der Waals surface area contributed by atoms with Gasteiger partial charge in [-0.1, -0.05) is 26.3 Å². The topological polar surface area (TPSA) is 59.6 Å². The molecule has 0 heterocycles. The molecule has 0 bridgehead atoms. The summed E-state index contributed by atoms with van der Waals surface area (Å²) in [5, 5.41) is 5.93. The largest absolute Gasteiger partial charge is 0.494 e. The van der Waals surface area contributed by atoms with Crippen LogP contribution in [0.5, 0.6) is 11.5 Å². The van der Waals surface area contributed by atoms with E-state index in [1.54, 1.807) is 24.3 Å². The van der Waals surface area contributed by atoms with Gasteiger partial charge in [-0.15, -0.1) is 0 Å². The van der Waals surface area contributed by atoms with Crippen molar-refractivity contribution in [1.82, 2.24) is 5.32 Å². The first-order valence-corrected chi connectivity index (χ1v) is 10.0. The van der Waals surface area contributed by atoms with Gasteiger partial charge >= 0.3 is 0 Å². The van der Waals surface area contributed by atoms with Gasteiger partial charge in [0.25, 0.3) is 5.91 Å². The van der Waals surface area contributed by atoms with Crippen molar-refractivity contribution in [3.05, 3.63) is 54.1 Å². The SMILES string of the molecule is CCCCOc1cccc(NC(=S)NC(=O)c2ccc(OC(C)CC)cc2)c1. The fourth-order valence-corrected chi connectivity index (χ4v) is 2.55. The minimum Gasteiger partial charge on any atom is -0.494 e. The summed E-state index contributed by atoms with van der Waals surface area (Å²) in [4.78, 5) is 12.4. The Bertz CT molecular complexity index is 778. The van der Waals surface area contributed by atoms with E-state index in [1.807, 2.05) is 31.2 Å². The lowest BCUT2D eigenvalue weighted by molar-refractivity contribution is 0.0977. The molecular weight excluding hydrogens is 372 g/mol. The van der Waals surface area contributed by atoms with E-state index in [4.69, 9.17) is 21.7 Å². The molecule has 2 rings (SSSR count). The van der Waals surface area contributed by atoms with Gasteiger partial charge in [0, 0.05) is 17.3 Å². The van der Waals surface area contributed by atoms with Gasteiger partial charge < -0.3 is 14.8 Å². The Hall–Kier alpha value is -2.60. The first-order chi connectivity index (χ1) is 13.5. The van der Waals surface area contributed by atoms with Crippen molar-refractivity contribution in [3.8, 4) is 11.5 Å². The van der Waals surface area contributed by atoms with Gasteiger partial charge in [0.15, 0.2) is 5.11 Å². The van der Waals surface area contributed by atoms with Crippen LogP contribution < -0.4 is 20.1 Å². The molecule has 150 valence electrons. The average molecular weight is 401 g/mol. The summed E-state index contributed by atoms with van der Waals surface area (Å²) in [6.45, 7) is 6.87. The Balaban J connectivity index is 1.88. The van der Waals surface area contributed by atoms with Crippen LogP contribution in [0.4, 0.5) is 5.69 Å². The minimum atomic E-state index is -0.275. The number of hydrogen-bond donors (Lipinski definition) is 2. The Morgan fingerprint density at radius 3 is 2.54 bits per heavy atom. The molecule has 2 N–H and O–H groups in total. The second-order valence-corrected chi connectivity index (χ2v) is 6.91.